The van der Waals surface area contributed by atoms with Crippen molar-refractivity contribution in [3.05, 3.63) is 58.8 Å². The van der Waals surface area contributed by atoms with E-state index in [9.17, 15) is 9.59 Å². The van der Waals surface area contributed by atoms with Crippen molar-refractivity contribution in [1.29, 1.82) is 0 Å². The molecule has 0 spiro atoms. The maximum absolute atomic E-state index is 13.0. The Kier molecular flexibility index (Phi) is 5.64. The third-order valence-electron chi connectivity index (χ3n) is 5.49. The van der Waals surface area contributed by atoms with Crippen LogP contribution in [0.1, 0.15) is 25.5 Å². The molecule has 1 aliphatic rings. The lowest BCUT2D eigenvalue weighted by atomic mass is 9.97. The highest BCUT2D eigenvalue weighted by Gasteiger charge is 2.28. The van der Waals surface area contributed by atoms with E-state index in [1.54, 1.807) is 10.8 Å². The minimum atomic E-state index is -0.150. The van der Waals surface area contributed by atoms with Crippen LogP contribution in [0, 0.1) is 5.92 Å². The third-order valence-corrected chi connectivity index (χ3v) is 5.49. The number of aromatic nitrogens is 2. The van der Waals surface area contributed by atoms with Gasteiger partial charge in [0.1, 0.15) is 5.76 Å². The first kappa shape index (κ1) is 19.2. The van der Waals surface area contributed by atoms with E-state index in [1.165, 1.54) is 0 Å². The first-order valence-corrected chi connectivity index (χ1v) is 10.2. The van der Waals surface area contributed by atoms with Gasteiger partial charge in [0, 0.05) is 32.6 Å². The zero-order chi connectivity index (χ0) is 20.2. The fraction of sp³-hybridized carbons (Fsp3) is 0.409. The summed E-state index contributed by atoms with van der Waals surface area (Å²) in [6.07, 6.45) is 3.98. The summed E-state index contributed by atoms with van der Waals surface area (Å²) in [6.45, 7) is 4.33. The van der Waals surface area contributed by atoms with Crippen LogP contribution in [0.4, 0.5) is 5.82 Å². The van der Waals surface area contributed by atoms with Crippen LogP contribution < -0.4 is 15.8 Å². The van der Waals surface area contributed by atoms with Crippen molar-refractivity contribution in [3.8, 4) is 0 Å². The fourth-order valence-corrected chi connectivity index (χ4v) is 3.99. The first-order valence-electron chi connectivity index (χ1n) is 10.2. The van der Waals surface area contributed by atoms with Gasteiger partial charge in [-0.15, -0.1) is 0 Å². The normalized spacial score (nSPS) is 16.9. The van der Waals surface area contributed by atoms with Gasteiger partial charge in [-0.2, -0.15) is 0 Å². The van der Waals surface area contributed by atoms with Crippen molar-refractivity contribution in [2.45, 2.75) is 32.7 Å². The summed E-state index contributed by atoms with van der Waals surface area (Å²) in [7, 11) is 0. The zero-order valence-electron chi connectivity index (χ0n) is 16.6. The second kappa shape index (κ2) is 8.51. The molecular formula is C22H26N4O3. The minimum absolute atomic E-state index is 0.0258. The van der Waals surface area contributed by atoms with E-state index in [4.69, 9.17) is 4.42 Å². The van der Waals surface area contributed by atoms with Crippen LogP contribution in [-0.2, 0) is 17.8 Å². The maximum atomic E-state index is 13.0. The zero-order valence-corrected chi connectivity index (χ0v) is 16.6. The monoisotopic (exact) mass is 394 g/mol. The Morgan fingerprint density at radius 1 is 1.28 bits per heavy atom. The Balaban J connectivity index is 1.49. The molecule has 0 radical (unpaired) electrons. The lowest BCUT2D eigenvalue weighted by Gasteiger charge is -2.32. The molecule has 0 saturated carbocycles. The summed E-state index contributed by atoms with van der Waals surface area (Å²) in [6, 6.07) is 11.4. The van der Waals surface area contributed by atoms with Gasteiger partial charge in [-0.25, -0.2) is 4.98 Å². The Morgan fingerprint density at radius 2 is 2.14 bits per heavy atom. The number of carbonyl (C=O) groups excluding carboxylic acids is 1. The van der Waals surface area contributed by atoms with Crippen molar-refractivity contribution in [1.82, 2.24) is 14.9 Å². The van der Waals surface area contributed by atoms with E-state index in [-0.39, 0.29) is 17.4 Å². The molecule has 3 aromatic rings. The largest absolute Gasteiger partial charge is 0.469 e. The van der Waals surface area contributed by atoms with Gasteiger partial charge in [0.05, 0.1) is 23.2 Å². The Morgan fingerprint density at radius 3 is 2.93 bits per heavy atom. The van der Waals surface area contributed by atoms with Gasteiger partial charge in [0.15, 0.2) is 5.82 Å². The van der Waals surface area contributed by atoms with Crippen LogP contribution in [-0.4, -0.2) is 35.1 Å². The van der Waals surface area contributed by atoms with Crippen LogP contribution in [0.25, 0.3) is 11.0 Å². The molecule has 2 aromatic heterocycles. The number of amides is 1. The number of nitrogens with one attached hydrogen (secondary N) is 1. The highest BCUT2D eigenvalue weighted by Crippen LogP contribution is 2.22. The van der Waals surface area contributed by atoms with Crippen molar-refractivity contribution >= 4 is 22.8 Å². The highest BCUT2D eigenvalue weighted by molar-refractivity contribution is 5.80. The summed E-state index contributed by atoms with van der Waals surface area (Å²) in [5, 5.41) is 3.00. The van der Waals surface area contributed by atoms with E-state index in [0.717, 1.165) is 36.2 Å². The second-order valence-electron chi connectivity index (χ2n) is 7.38. The lowest BCUT2D eigenvalue weighted by Crippen LogP contribution is -2.46. The van der Waals surface area contributed by atoms with Gasteiger partial charge in [0.2, 0.25) is 5.91 Å². The van der Waals surface area contributed by atoms with Crippen molar-refractivity contribution in [3.63, 3.8) is 0 Å². The molecule has 1 saturated heterocycles. The number of aryl methyl sites for hydroxylation is 1. The SMILES string of the molecule is CCn1c(=O)c(N2CCCC(C(=O)NCCc3ccco3)C2)nc2ccccc21. The number of carbonyl (C=O) groups is 1. The van der Waals surface area contributed by atoms with Crippen LogP contribution in [0.5, 0.6) is 0 Å². The van der Waals surface area contributed by atoms with Gasteiger partial charge in [-0.05, 0) is 44.0 Å². The van der Waals surface area contributed by atoms with E-state index >= 15 is 0 Å². The van der Waals surface area contributed by atoms with Gasteiger partial charge >= 0.3 is 0 Å². The number of fused-ring (bicyclic) bond motifs is 1. The van der Waals surface area contributed by atoms with Crippen LogP contribution in [0.3, 0.4) is 0 Å². The van der Waals surface area contributed by atoms with Crippen LogP contribution in [0.15, 0.2) is 51.9 Å². The van der Waals surface area contributed by atoms with Crippen molar-refractivity contribution in [2.75, 3.05) is 24.5 Å². The first-order chi connectivity index (χ1) is 14.2. The number of furan rings is 1. The molecule has 7 heteroatoms. The quantitative estimate of drug-likeness (QED) is 0.695. The number of para-hydroxylation sites is 2. The molecule has 0 bridgehead atoms. The van der Waals surface area contributed by atoms with Gasteiger partial charge in [-0.3, -0.25) is 9.59 Å². The average molecular weight is 394 g/mol. The van der Waals surface area contributed by atoms with Crippen molar-refractivity contribution < 1.29 is 9.21 Å². The highest BCUT2D eigenvalue weighted by atomic mass is 16.3. The summed E-state index contributed by atoms with van der Waals surface area (Å²) < 4.78 is 7.06. The molecule has 152 valence electrons. The molecule has 1 unspecified atom stereocenters. The standard InChI is InChI=1S/C22H26N4O3/c1-2-26-19-10-4-3-9-18(19)24-20(22(26)28)25-13-5-7-16(15-25)21(27)23-12-11-17-8-6-14-29-17/h3-4,6,8-10,14,16H,2,5,7,11-13,15H2,1H3,(H,23,27). The summed E-state index contributed by atoms with van der Waals surface area (Å²) in [5.74, 6) is 1.18. The smallest absolute Gasteiger partial charge is 0.293 e. The number of rotatable bonds is 6. The number of hydrogen-bond donors (Lipinski definition) is 1. The third kappa shape index (κ3) is 4.04. The molecule has 0 aliphatic carbocycles. The van der Waals surface area contributed by atoms with Gasteiger partial charge in [-0.1, -0.05) is 12.1 Å². The molecule has 3 heterocycles. The van der Waals surface area contributed by atoms with Gasteiger partial charge in [0.25, 0.3) is 5.56 Å². The molecule has 1 aliphatic heterocycles. The van der Waals surface area contributed by atoms with Gasteiger partial charge < -0.3 is 19.2 Å². The molecule has 1 amide bonds. The Bertz CT molecular complexity index is 1040. The molecule has 1 N–H and O–H groups in total. The number of piperidine rings is 1. The Hall–Kier alpha value is -3.09. The van der Waals surface area contributed by atoms with E-state index in [0.29, 0.717) is 31.9 Å². The van der Waals surface area contributed by atoms with Crippen molar-refractivity contribution in [2.24, 2.45) is 5.92 Å². The number of hydrogen-bond acceptors (Lipinski definition) is 5. The number of nitrogens with zero attached hydrogens (tertiary/aromatic N) is 3. The minimum Gasteiger partial charge on any atom is -0.469 e. The molecule has 7 nitrogen and oxygen atoms in total. The predicted octanol–water partition coefficient (Wildman–Crippen LogP) is 2.58. The molecule has 1 aromatic carbocycles. The number of anilines is 1. The van der Waals surface area contributed by atoms with E-state index in [2.05, 4.69) is 10.3 Å². The molecule has 4 rings (SSSR count). The van der Waals surface area contributed by atoms with Crippen LogP contribution in [0.2, 0.25) is 0 Å². The summed E-state index contributed by atoms with van der Waals surface area (Å²) in [5.41, 5.74) is 1.55. The lowest BCUT2D eigenvalue weighted by molar-refractivity contribution is -0.125. The molecule has 29 heavy (non-hydrogen) atoms. The summed E-state index contributed by atoms with van der Waals surface area (Å²) >= 11 is 0. The Labute approximate surface area is 169 Å². The molecule has 1 fully saturated rings. The average Bonchev–Trinajstić information content (AvgIpc) is 3.27. The topological polar surface area (TPSA) is 80.4 Å². The number of benzene rings is 1. The predicted molar refractivity (Wildman–Crippen MR) is 112 cm³/mol. The van der Waals surface area contributed by atoms with E-state index < -0.39 is 0 Å². The molecular weight excluding hydrogens is 368 g/mol. The fourth-order valence-electron chi connectivity index (χ4n) is 3.99. The maximum Gasteiger partial charge on any atom is 0.293 e. The van der Waals surface area contributed by atoms with Crippen LogP contribution >= 0.6 is 0 Å². The molecule has 1 atom stereocenters. The summed E-state index contributed by atoms with van der Waals surface area (Å²) in [4.78, 5) is 32.3. The second-order valence-corrected chi connectivity index (χ2v) is 7.38. The van der Waals surface area contributed by atoms with E-state index in [1.807, 2.05) is 48.2 Å².